The first-order chi connectivity index (χ1) is 21.2. The number of hydrogen-bond acceptors (Lipinski definition) is 5. The van der Waals surface area contributed by atoms with Crippen LogP contribution in [0, 0.1) is 11.6 Å². The molecule has 0 saturated heterocycles. The number of amides is 1. The van der Waals surface area contributed by atoms with Gasteiger partial charge in [0.25, 0.3) is 0 Å². The third-order valence-electron chi connectivity index (χ3n) is 7.46. The summed E-state index contributed by atoms with van der Waals surface area (Å²) in [7, 11) is 1.57. The predicted molar refractivity (Wildman–Crippen MR) is 168 cm³/mol. The molecule has 4 aromatic carbocycles. The smallest absolute Gasteiger partial charge is 0.220 e. The molecule has 0 aliphatic heterocycles. The molecule has 230 valence electrons. The van der Waals surface area contributed by atoms with E-state index in [1.165, 1.54) is 17.7 Å². The van der Waals surface area contributed by atoms with E-state index >= 15 is 0 Å². The number of nitrogens with one attached hydrogen (secondary N) is 2. The lowest BCUT2D eigenvalue weighted by atomic mass is 9.98. The Morgan fingerprint density at radius 1 is 0.841 bits per heavy atom. The summed E-state index contributed by atoms with van der Waals surface area (Å²) in [6.07, 6.45) is -0.338. The highest BCUT2D eigenvalue weighted by Crippen LogP contribution is 2.31. The monoisotopic (exact) mass is 600 g/mol. The lowest BCUT2D eigenvalue weighted by Crippen LogP contribution is -2.48. The zero-order valence-electron chi connectivity index (χ0n) is 25.0. The fraction of sp³-hybridized carbons (Fsp3) is 0.278. The van der Waals surface area contributed by atoms with Crippen molar-refractivity contribution < 1.29 is 28.2 Å². The average Bonchev–Trinajstić information content (AvgIpc) is 3.03. The van der Waals surface area contributed by atoms with E-state index < -0.39 is 29.7 Å². The van der Waals surface area contributed by atoms with E-state index in [0.717, 1.165) is 29.2 Å². The van der Waals surface area contributed by atoms with Gasteiger partial charge in [0.1, 0.15) is 17.4 Å². The number of aliphatic hydroxyl groups is 1. The number of halogens is 2. The Morgan fingerprint density at radius 2 is 1.57 bits per heavy atom. The van der Waals surface area contributed by atoms with E-state index in [0.29, 0.717) is 23.4 Å². The van der Waals surface area contributed by atoms with Crippen LogP contribution in [0.1, 0.15) is 46.8 Å². The number of methoxy groups -OCH3 is 1. The minimum Gasteiger partial charge on any atom is -0.496 e. The molecule has 0 bridgehead atoms. The van der Waals surface area contributed by atoms with Gasteiger partial charge in [-0.1, -0.05) is 61.5 Å². The van der Waals surface area contributed by atoms with Crippen molar-refractivity contribution in [2.45, 2.75) is 51.3 Å². The van der Waals surface area contributed by atoms with E-state index in [1.807, 2.05) is 48.5 Å². The molecule has 0 heterocycles. The number of ketones is 1. The van der Waals surface area contributed by atoms with Crippen LogP contribution in [0.15, 0.2) is 91.0 Å². The molecule has 0 aromatic heterocycles. The maximum Gasteiger partial charge on any atom is 0.220 e. The number of aryl methyl sites for hydroxylation is 1. The highest BCUT2D eigenvalue weighted by Gasteiger charge is 2.23. The molecular formula is C36H38F2N2O4. The Hall–Kier alpha value is -4.40. The van der Waals surface area contributed by atoms with E-state index in [2.05, 4.69) is 23.6 Å². The third kappa shape index (κ3) is 9.30. The van der Waals surface area contributed by atoms with Gasteiger partial charge in [0.15, 0.2) is 5.78 Å². The van der Waals surface area contributed by atoms with Crippen molar-refractivity contribution in [1.29, 1.82) is 0 Å². The minimum absolute atomic E-state index is 0.00144. The van der Waals surface area contributed by atoms with E-state index in [-0.39, 0.29) is 31.6 Å². The average molecular weight is 601 g/mol. The molecule has 2 atom stereocenters. The molecule has 0 unspecified atom stereocenters. The van der Waals surface area contributed by atoms with Crippen molar-refractivity contribution in [3.63, 3.8) is 0 Å². The number of aliphatic hydroxyl groups excluding tert-OH is 1. The van der Waals surface area contributed by atoms with Crippen molar-refractivity contribution in [3.05, 3.63) is 125 Å². The summed E-state index contributed by atoms with van der Waals surface area (Å²) in [6, 6.07) is 25.1. The van der Waals surface area contributed by atoms with Crippen LogP contribution < -0.4 is 15.4 Å². The molecule has 0 saturated carbocycles. The Kier molecular flexibility index (Phi) is 11.7. The zero-order chi connectivity index (χ0) is 31.5. The Bertz CT molecular complexity index is 1540. The molecule has 0 spiro atoms. The second-order valence-corrected chi connectivity index (χ2v) is 10.7. The quantitative estimate of drug-likeness (QED) is 0.145. The van der Waals surface area contributed by atoms with Gasteiger partial charge in [0.2, 0.25) is 5.91 Å². The van der Waals surface area contributed by atoms with Crippen molar-refractivity contribution in [2.24, 2.45) is 0 Å². The number of rotatable bonds is 15. The fourth-order valence-corrected chi connectivity index (χ4v) is 5.11. The Labute approximate surface area is 257 Å². The Morgan fingerprint density at radius 3 is 2.27 bits per heavy atom. The molecule has 0 fully saturated rings. The van der Waals surface area contributed by atoms with Crippen LogP contribution in [0.2, 0.25) is 0 Å². The van der Waals surface area contributed by atoms with Crippen molar-refractivity contribution in [2.75, 3.05) is 13.7 Å². The summed E-state index contributed by atoms with van der Waals surface area (Å²) in [4.78, 5) is 26.1. The molecule has 0 aliphatic rings. The highest BCUT2D eigenvalue weighted by molar-refractivity contribution is 5.99. The van der Waals surface area contributed by atoms with Gasteiger partial charge >= 0.3 is 0 Å². The molecule has 4 rings (SSSR count). The molecule has 1 amide bonds. The van der Waals surface area contributed by atoms with Crippen molar-refractivity contribution in [1.82, 2.24) is 10.6 Å². The van der Waals surface area contributed by atoms with E-state index in [1.54, 1.807) is 25.3 Å². The number of carbonyl (C=O) groups excluding carboxylic acids is 2. The molecule has 6 nitrogen and oxygen atoms in total. The number of benzene rings is 4. The van der Waals surface area contributed by atoms with Gasteiger partial charge in [0.05, 0.1) is 19.3 Å². The second-order valence-electron chi connectivity index (χ2n) is 10.7. The van der Waals surface area contributed by atoms with Crippen molar-refractivity contribution in [3.8, 4) is 16.9 Å². The van der Waals surface area contributed by atoms with Crippen LogP contribution in [-0.2, 0) is 24.2 Å². The summed E-state index contributed by atoms with van der Waals surface area (Å²) in [6.45, 7) is 2.71. The topological polar surface area (TPSA) is 87.7 Å². The van der Waals surface area contributed by atoms with E-state index in [9.17, 15) is 23.5 Å². The summed E-state index contributed by atoms with van der Waals surface area (Å²) in [5.41, 5.74) is 4.66. The molecule has 8 heteroatoms. The van der Waals surface area contributed by atoms with Gasteiger partial charge < -0.3 is 20.5 Å². The second kappa shape index (κ2) is 15.9. The lowest BCUT2D eigenvalue weighted by Gasteiger charge is -2.25. The molecular weight excluding hydrogens is 562 g/mol. The number of ether oxygens (including phenoxy) is 1. The first-order valence-electron chi connectivity index (χ1n) is 14.7. The maximum absolute atomic E-state index is 13.9. The van der Waals surface area contributed by atoms with Gasteiger partial charge in [-0.15, -0.1) is 0 Å². The summed E-state index contributed by atoms with van der Waals surface area (Å²) in [5.74, 6) is -1.53. The standard InChI is InChI=1S/C36H38F2N2O4/c1-3-24-8-7-9-25(16-24)22-39-23-34(42)32(19-26-17-29(37)21-30(38)18-26)40-36(43)15-13-33(41)28-12-14-35(44-2)31(20-28)27-10-5-4-6-11-27/h4-12,14,16-18,20-21,32,34,39,42H,3,13,15,19,22-23H2,1-2H3,(H,40,43)/t32-,34+/m0/s1. The molecule has 0 radical (unpaired) electrons. The predicted octanol–water partition coefficient (Wildman–Crippen LogP) is 6.04. The van der Waals surface area contributed by atoms with Crippen LogP contribution in [-0.4, -0.2) is 42.6 Å². The number of hydrogen-bond donors (Lipinski definition) is 3. The van der Waals surface area contributed by atoms with E-state index in [4.69, 9.17) is 4.74 Å². The van der Waals surface area contributed by atoms with Gasteiger partial charge in [-0.05, 0) is 65.4 Å². The normalized spacial score (nSPS) is 12.4. The van der Waals surface area contributed by atoms with Crippen LogP contribution in [0.5, 0.6) is 5.75 Å². The molecule has 4 aromatic rings. The first-order valence-corrected chi connectivity index (χ1v) is 14.7. The van der Waals surface area contributed by atoms with Crippen molar-refractivity contribution >= 4 is 11.7 Å². The summed E-state index contributed by atoms with van der Waals surface area (Å²) < 4.78 is 33.3. The maximum atomic E-state index is 13.9. The lowest BCUT2D eigenvalue weighted by molar-refractivity contribution is -0.122. The number of carbonyl (C=O) groups is 2. The van der Waals surface area contributed by atoms with Gasteiger partial charge in [0, 0.05) is 43.1 Å². The van der Waals surface area contributed by atoms with Gasteiger partial charge in [-0.3, -0.25) is 9.59 Å². The molecule has 3 N–H and O–H groups in total. The van der Waals surface area contributed by atoms with Crippen LogP contribution in [0.25, 0.3) is 11.1 Å². The first kappa shape index (κ1) is 32.5. The fourth-order valence-electron chi connectivity index (χ4n) is 5.11. The molecule has 0 aliphatic carbocycles. The van der Waals surface area contributed by atoms with Crippen LogP contribution in [0.4, 0.5) is 8.78 Å². The molecule has 44 heavy (non-hydrogen) atoms. The SMILES string of the molecule is CCc1cccc(CNC[C@@H](O)[C@H](Cc2cc(F)cc(F)c2)NC(=O)CCC(=O)c2ccc(OC)c(-c3ccccc3)c2)c1. The highest BCUT2D eigenvalue weighted by atomic mass is 19.1. The van der Waals surface area contributed by atoms with Gasteiger partial charge in [-0.2, -0.15) is 0 Å². The Balaban J connectivity index is 1.40. The zero-order valence-corrected chi connectivity index (χ0v) is 25.0. The largest absolute Gasteiger partial charge is 0.496 e. The van der Waals surface area contributed by atoms with Crippen LogP contribution in [0.3, 0.4) is 0 Å². The number of Topliss-reactive ketones (excluding diaryl/α,β-unsaturated/α-hetero) is 1. The summed E-state index contributed by atoms with van der Waals surface area (Å²) in [5, 5.41) is 17.0. The van der Waals surface area contributed by atoms with Gasteiger partial charge in [-0.25, -0.2) is 8.78 Å². The third-order valence-corrected chi connectivity index (χ3v) is 7.46. The summed E-state index contributed by atoms with van der Waals surface area (Å²) >= 11 is 0. The minimum atomic E-state index is -1.06. The van der Waals surface area contributed by atoms with Crippen LogP contribution >= 0.6 is 0 Å².